The Morgan fingerprint density at radius 1 is 1.24 bits per heavy atom. The fourth-order valence-electron chi connectivity index (χ4n) is 1.57. The van der Waals surface area contributed by atoms with Crippen molar-refractivity contribution in [1.82, 2.24) is 5.32 Å². The van der Waals surface area contributed by atoms with E-state index in [1.807, 2.05) is 30.3 Å². The van der Waals surface area contributed by atoms with E-state index in [1.54, 1.807) is 0 Å². The van der Waals surface area contributed by atoms with E-state index in [-0.39, 0.29) is 0 Å². The highest BCUT2D eigenvalue weighted by Gasteiger charge is 2.20. The van der Waals surface area contributed by atoms with Crippen LogP contribution in [0.3, 0.4) is 0 Å². The van der Waals surface area contributed by atoms with Crippen LogP contribution in [0.2, 0.25) is 0 Å². The Bertz CT molecular complexity index is 348. The van der Waals surface area contributed by atoms with E-state index >= 15 is 0 Å². The van der Waals surface area contributed by atoms with Crippen molar-refractivity contribution in [2.75, 3.05) is 6.54 Å². The first-order chi connectivity index (χ1) is 8.02. The molecule has 0 amide bonds. The molecular weight excluding hydrogens is 214 g/mol. The molecule has 0 saturated carbocycles. The Morgan fingerprint density at radius 3 is 2.29 bits per heavy atom. The van der Waals surface area contributed by atoms with Crippen molar-refractivity contribution >= 4 is 5.97 Å². The van der Waals surface area contributed by atoms with E-state index in [9.17, 15) is 9.90 Å². The topological polar surface area (TPSA) is 49.3 Å². The maximum absolute atomic E-state index is 11.2. The summed E-state index contributed by atoms with van der Waals surface area (Å²) in [6.45, 7) is 6.79. The number of carboxylic acids is 1. The van der Waals surface area contributed by atoms with Crippen LogP contribution in [0.15, 0.2) is 30.3 Å². The summed E-state index contributed by atoms with van der Waals surface area (Å²) in [6, 6.07) is 9.68. The van der Waals surface area contributed by atoms with Crippen molar-refractivity contribution in [3.63, 3.8) is 0 Å². The fraction of sp³-hybridized carbons (Fsp3) is 0.500. The third-order valence-electron chi connectivity index (χ3n) is 3.14. The molecule has 0 spiro atoms. The summed E-state index contributed by atoms with van der Waals surface area (Å²) >= 11 is 0. The van der Waals surface area contributed by atoms with Crippen molar-refractivity contribution in [3.05, 3.63) is 35.9 Å². The zero-order valence-corrected chi connectivity index (χ0v) is 10.7. The summed E-state index contributed by atoms with van der Waals surface area (Å²) in [5.41, 5.74) is 0.850. The highest BCUT2D eigenvalue weighted by atomic mass is 16.4. The van der Waals surface area contributed by atoms with Crippen LogP contribution < -0.4 is 5.32 Å². The van der Waals surface area contributed by atoms with Gasteiger partial charge in [-0.25, -0.2) is 0 Å². The maximum Gasteiger partial charge on any atom is 0.312 e. The van der Waals surface area contributed by atoms with E-state index in [4.69, 9.17) is 0 Å². The second-order valence-electron chi connectivity index (χ2n) is 4.74. The van der Waals surface area contributed by atoms with Gasteiger partial charge in [0.25, 0.3) is 0 Å². The van der Waals surface area contributed by atoms with Crippen molar-refractivity contribution in [2.45, 2.75) is 32.7 Å². The standard InChI is InChI=1S/C14H21NO2/c1-10(2)11(3)15-9-13(14(16)17)12-7-5-4-6-8-12/h4-8,10-11,13,15H,9H2,1-3H3,(H,16,17). The van der Waals surface area contributed by atoms with Gasteiger partial charge >= 0.3 is 5.97 Å². The normalized spacial score (nSPS) is 14.6. The van der Waals surface area contributed by atoms with Gasteiger partial charge in [-0.1, -0.05) is 44.2 Å². The summed E-state index contributed by atoms with van der Waals surface area (Å²) in [6.07, 6.45) is 0. The SMILES string of the molecule is CC(C)C(C)NCC(C(=O)O)c1ccccc1. The molecule has 0 saturated heterocycles. The van der Waals surface area contributed by atoms with Gasteiger partial charge in [-0.2, -0.15) is 0 Å². The molecule has 0 aromatic heterocycles. The number of aliphatic carboxylic acids is 1. The van der Waals surface area contributed by atoms with Crippen molar-refractivity contribution in [1.29, 1.82) is 0 Å². The fourth-order valence-corrected chi connectivity index (χ4v) is 1.57. The third kappa shape index (κ3) is 4.19. The third-order valence-corrected chi connectivity index (χ3v) is 3.14. The lowest BCUT2D eigenvalue weighted by atomic mass is 9.98. The molecule has 17 heavy (non-hydrogen) atoms. The highest BCUT2D eigenvalue weighted by molar-refractivity contribution is 5.76. The van der Waals surface area contributed by atoms with Gasteiger partial charge in [-0.15, -0.1) is 0 Å². The molecule has 94 valence electrons. The smallest absolute Gasteiger partial charge is 0.312 e. The van der Waals surface area contributed by atoms with Crippen molar-refractivity contribution in [3.8, 4) is 0 Å². The first kappa shape index (κ1) is 13.7. The Balaban J connectivity index is 2.66. The summed E-state index contributed by atoms with van der Waals surface area (Å²) < 4.78 is 0. The van der Waals surface area contributed by atoms with E-state index in [2.05, 4.69) is 26.1 Å². The van der Waals surface area contributed by atoms with Gasteiger partial charge in [-0.3, -0.25) is 4.79 Å². The van der Waals surface area contributed by atoms with E-state index in [0.717, 1.165) is 5.56 Å². The van der Waals surface area contributed by atoms with Crippen LogP contribution in [-0.2, 0) is 4.79 Å². The largest absolute Gasteiger partial charge is 0.481 e. The number of nitrogens with one attached hydrogen (secondary N) is 1. The van der Waals surface area contributed by atoms with E-state index < -0.39 is 11.9 Å². The van der Waals surface area contributed by atoms with Gasteiger partial charge in [0.1, 0.15) is 0 Å². The lowest BCUT2D eigenvalue weighted by molar-refractivity contribution is -0.138. The van der Waals surface area contributed by atoms with E-state index in [1.165, 1.54) is 0 Å². The predicted octanol–water partition coefficient (Wildman–Crippen LogP) is 2.49. The van der Waals surface area contributed by atoms with Crippen LogP contribution in [0.1, 0.15) is 32.3 Å². The van der Waals surface area contributed by atoms with Gasteiger partial charge in [-0.05, 0) is 18.4 Å². The lowest BCUT2D eigenvalue weighted by Gasteiger charge is -2.20. The van der Waals surface area contributed by atoms with Crippen LogP contribution in [0, 0.1) is 5.92 Å². The molecule has 3 nitrogen and oxygen atoms in total. The minimum atomic E-state index is -0.778. The predicted molar refractivity (Wildman–Crippen MR) is 69.1 cm³/mol. The van der Waals surface area contributed by atoms with Crippen LogP contribution >= 0.6 is 0 Å². The molecule has 1 rings (SSSR count). The first-order valence-electron chi connectivity index (χ1n) is 6.03. The molecule has 2 atom stereocenters. The quantitative estimate of drug-likeness (QED) is 0.796. The average Bonchev–Trinajstić information content (AvgIpc) is 2.29. The molecule has 0 fully saturated rings. The molecule has 1 aromatic rings. The van der Waals surface area contributed by atoms with Gasteiger partial charge < -0.3 is 10.4 Å². The van der Waals surface area contributed by atoms with Crippen molar-refractivity contribution < 1.29 is 9.90 Å². The Labute approximate surface area is 103 Å². The lowest BCUT2D eigenvalue weighted by Crippen LogP contribution is -2.36. The Kier molecular flexibility index (Phi) is 5.16. The number of carboxylic acid groups (broad SMARTS) is 1. The maximum atomic E-state index is 11.2. The molecule has 2 unspecified atom stereocenters. The van der Waals surface area contributed by atoms with Gasteiger partial charge in [0.15, 0.2) is 0 Å². The molecule has 0 heterocycles. The molecule has 0 radical (unpaired) electrons. The minimum Gasteiger partial charge on any atom is -0.481 e. The number of carbonyl (C=O) groups is 1. The average molecular weight is 235 g/mol. The molecule has 1 aromatic carbocycles. The van der Waals surface area contributed by atoms with Gasteiger partial charge in [0, 0.05) is 12.6 Å². The van der Waals surface area contributed by atoms with Crippen molar-refractivity contribution in [2.24, 2.45) is 5.92 Å². The second-order valence-corrected chi connectivity index (χ2v) is 4.74. The van der Waals surface area contributed by atoms with Gasteiger partial charge in [0.2, 0.25) is 0 Å². The number of hydrogen-bond donors (Lipinski definition) is 2. The number of benzene rings is 1. The molecule has 0 aliphatic carbocycles. The summed E-state index contributed by atoms with van der Waals surface area (Å²) in [7, 11) is 0. The molecular formula is C14H21NO2. The summed E-state index contributed by atoms with van der Waals surface area (Å²) in [5, 5.41) is 12.5. The van der Waals surface area contributed by atoms with Crippen LogP contribution in [0.25, 0.3) is 0 Å². The van der Waals surface area contributed by atoms with Crippen LogP contribution in [0.5, 0.6) is 0 Å². The zero-order chi connectivity index (χ0) is 12.8. The van der Waals surface area contributed by atoms with Crippen LogP contribution in [0.4, 0.5) is 0 Å². The Morgan fingerprint density at radius 2 is 1.82 bits per heavy atom. The number of rotatable bonds is 6. The minimum absolute atomic E-state index is 0.320. The van der Waals surface area contributed by atoms with E-state index in [0.29, 0.717) is 18.5 Å². The molecule has 3 heteroatoms. The highest BCUT2D eigenvalue weighted by Crippen LogP contribution is 2.15. The molecule has 2 N–H and O–H groups in total. The molecule has 0 aliphatic heterocycles. The number of hydrogen-bond acceptors (Lipinski definition) is 2. The first-order valence-corrected chi connectivity index (χ1v) is 6.03. The molecule has 0 aliphatic rings. The Hall–Kier alpha value is -1.35. The monoisotopic (exact) mass is 235 g/mol. The summed E-state index contributed by atoms with van der Waals surface area (Å²) in [5.74, 6) is -0.753. The molecule has 0 bridgehead atoms. The zero-order valence-electron chi connectivity index (χ0n) is 10.7. The van der Waals surface area contributed by atoms with Gasteiger partial charge in [0.05, 0.1) is 5.92 Å². The second kappa shape index (κ2) is 6.40. The van der Waals surface area contributed by atoms with Crippen LogP contribution in [-0.4, -0.2) is 23.7 Å². The summed E-state index contributed by atoms with van der Waals surface area (Å²) in [4.78, 5) is 11.2.